The Morgan fingerprint density at radius 2 is 2.21 bits per heavy atom. The second-order valence-corrected chi connectivity index (χ2v) is 4.15. The van der Waals surface area contributed by atoms with E-state index >= 15 is 0 Å². The Kier molecular flexibility index (Phi) is 6.04. The number of amides is 1. The van der Waals surface area contributed by atoms with E-state index in [0.29, 0.717) is 31.6 Å². The summed E-state index contributed by atoms with van der Waals surface area (Å²) < 4.78 is 5.37. The minimum Gasteiger partial charge on any atom is -0.492 e. The lowest BCUT2D eigenvalue weighted by Crippen LogP contribution is -2.29. The van der Waals surface area contributed by atoms with Gasteiger partial charge in [-0.2, -0.15) is 0 Å². The average molecular weight is 288 g/mol. The van der Waals surface area contributed by atoms with Gasteiger partial charge in [0.2, 0.25) is 5.91 Å². The zero-order chi connectivity index (χ0) is 14.3. The number of rotatable bonds is 7. The number of non-ortho nitro benzene ring substituents is 1. The van der Waals surface area contributed by atoms with E-state index in [1.165, 1.54) is 18.2 Å². The van der Waals surface area contributed by atoms with Crippen LogP contribution in [0.15, 0.2) is 18.2 Å². The first-order chi connectivity index (χ1) is 9.04. The highest BCUT2D eigenvalue weighted by Gasteiger charge is 2.10. The summed E-state index contributed by atoms with van der Waals surface area (Å²) in [5, 5.41) is 10.7. The largest absolute Gasteiger partial charge is 0.492 e. The van der Waals surface area contributed by atoms with Crippen LogP contribution in [0.2, 0.25) is 5.02 Å². The Morgan fingerprint density at radius 3 is 2.79 bits per heavy atom. The van der Waals surface area contributed by atoms with Crippen molar-refractivity contribution in [2.45, 2.75) is 19.3 Å². The standard InChI is InChI=1S/C11H14ClN3O4/c12-9-7-8(15(17)18)4-5-10(9)19-6-2-1-3-11(16)14-13/h4-5,7H,1-3,6,13H2,(H,14,16). The Balaban J connectivity index is 2.37. The topological polar surface area (TPSA) is 107 Å². The number of ether oxygens (including phenoxy) is 1. The predicted octanol–water partition coefficient (Wildman–Crippen LogP) is 1.79. The molecule has 19 heavy (non-hydrogen) atoms. The summed E-state index contributed by atoms with van der Waals surface area (Å²) in [6.07, 6.45) is 1.61. The second kappa shape index (κ2) is 7.55. The van der Waals surface area contributed by atoms with E-state index in [2.05, 4.69) is 0 Å². The van der Waals surface area contributed by atoms with Gasteiger partial charge in [-0.05, 0) is 18.9 Å². The number of hydrazine groups is 1. The van der Waals surface area contributed by atoms with Crippen LogP contribution in [-0.4, -0.2) is 17.4 Å². The number of benzene rings is 1. The van der Waals surface area contributed by atoms with Crippen LogP contribution in [-0.2, 0) is 4.79 Å². The number of nitro benzene ring substituents is 1. The van der Waals surface area contributed by atoms with Crippen molar-refractivity contribution in [2.75, 3.05) is 6.61 Å². The van der Waals surface area contributed by atoms with E-state index in [1.54, 1.807) is 0 Å². The minimum absolute atomic E-state index is 0.0861. The molecule has 0 bridgehead atoms. The summed E-state index contributed by atoms with van der Waals surface area (Å²) in [5.41, 5.74) is 1.95. The maximum Gasteiger partial charge on any atom is 0.271 e. The fourth-order valence-corrected chi connectivity index (χ4v) is 1.59. The monoisotopic (exact) mass is 287 g/mol. The molecule has 0 saturated heterocycles. The van der Waals surface area contributed by atoms with E-state index in [-0.39, 0.29) is 16.6 Å². The SMILES string of the molecule is NNC(=O)CCCCOc1ccc([N+](=O)[O-])cc1Cl. The Labute approximate surface area is 114 Å². The lowest BCUT2D eigenvalue weighted by Gasteiger charge is -2.07. The molecule has 1 rings (SSSR count). The molecule has 1 aromatic carbocycles. The third-order valence-electron chi connectivity index (χ3n) is 2.34. The van der Waals surface area contributed by atoms with Crippen molar-refractivity contribution in [3.05, 3.63) is 33.3 Å². The highest BCUT2D eigenvalue weighted by atomic mass is 35.5. The molecule has 0 unspecified atom stereocenters. The Morgan fingerprint density at radius 1 is 1.47 bits per heavy atom. The molecule has 1 amide bonds. The quantitative estimate of drug-likeness (QED) is 0.261. The molecule has 0 heterocycles. The first-order valence-electron chi connectivity index (χ1n) is 5.60. The number of carbonyl (C=O) groups excluding carboxylic acids is 1. The van der Waals surface area contributed by atoms with Gasteiger partial charge in [-0.1, -0.05) is 11.6 Å². The van der Waals surface area contributed by atoms with Gasteiger partial charge in [0.1, 0.15) is 5.75 Å². The number of unbranched alkanes of at least 4 members (excludes halogenated alkanes) is 1. The van der Waals surface area contributed by atoms with Crippen LogP contribution in [0.25, 0.3) is 0 Å². The van der Waals surface area contributed by atoms with E-state index in [1.807, 2.05) is 5.43 Å². The summed E-state index contributed by atoms with van der Waals surface area (Å²) >= 11 is 5.85. The number of nitro groups is 1. The van der Waals surface area contributed by atoms with Gasteiger partial charge in [0, 0.05) is 18.6 Å². The third-order valence-corrected chi connectivity index (χ3v) is 2.64. The molecule has 0 saturated carbocycles. The van der Waals surface area contributed by atoms with Gasteiger partial charge >= 0.3 is 0 Å². The van der Waals surface area contributed by atoms with Crippen molar-refractivity contribution in [3.8, 4) is 5.75 Å². The summed E-state index contributed by atoms with van der Waals surface area (Å²) in [6, 6.07) is 4.01. The van der Waals surface area contributed by atoms with Crippen LogP contribution in [0.4, 0.5) is 5.69 Å². The van der Waals surface area contributed by atoms with E-state index in [9.17, 15) is 14.9 Å². The predicted molar refractivity (Wildman–Crippen MR) is 69.8 cm³/mol. The maximum absolute atomic E-state index is 10.8. The summed E-state index contributed by atoms with van der Waals surface area (Å²) in [4.78, 5) is 20.8. The van der Waals surface area contributed by atoms with Gasteiger partial charge in [-0.15, -0.1) is 0 Å². The van der Waals surface area contributed by atoms with Crippen LogP contribution in [0.5, 0.6) is 5.75 Å². The maximum atomic E-state index is 10.8. The highest BCUT2D eigenvalue weighted by Crippen LogP contribution is 2.28. The molecule has 0 aromatic heterocycles. The average Bonchev–Trinajstić information content (AvgIpc) is 2.39. The van der Waals surface area contributed by atoms with E-state index in [0.717, 1.165) is 0 Å². The van der Waals surface area contributed by atoms with Crippen molar-refractivity contribution < 1.29 is 14.5 Å². The van der Waals surface area contributed by atoms with Crippen LogP contribution in [0.3, 0.4) is 0 Å². The van der Waals surface area contributed by atoms with Gasteiger partial charge in [-0.3, -0.25) is 20.3 Å². The molecular weight excluding hydrogens is 274 g/mol. The summed E-state index contributed by atoms with van der Waals surface area (Å²) in [6.45, 7) is 0.370. The normalized spacial score (nSPS) is 10.0. The Hall–Kier alpha value is -1.86. The molecule has 3 N–H and O–H groups in total. The molecule has 104 valence electrons. The van der Waals surface area contributed by atoms with Crippen molar-refractivity contribution in [2.24, 2.45) is 5.84 Å². The van der Waals surface area contributed by atoms with E-state index in [4.69, 9.17) is 22.2 Å². The molecule has 7 nitrogen and oxygen atoms in total. The summed E-state index contributed by atoms with van der Waals surface area (Å²) in [5.74, 6) is 5.09. The zero-order valence-electron chi connectivity index (χ0n) is 10.1. The number of carbonyl (C=O) groups is 1. The lowest BCUT2D eigenvalue weighted by molar-refractivity contribution is -0.384. The zero-order valence-corrected chi connectivity index (χ0v) is 10.9. The number of halogens is 1. The van der Waals surface area contributed by atoms with Crippen LogP contribution < -0.4 is 16.0 Å². The molecule has 0 radical (unpaired) electrons. The number of hydrogen-bond donors (Lipinski definition) is 2. The smallest absolute Gasteiger partial charge is 0.271 e. The van der Waals surface area contributed by atoms with Crippen LogP contribution in [0.1, 0.15) is 19.3 Å². The number of hydrogen-bond acceptors (Lipinski definition) is 5. The van der Waals surface area contributed by atoms with Gasteiger partial charge in [0.15, 0.2) is 0 Å². The number of nitrogens with two attached hydrogens (primary N) is 1. The van der Waals surface area contributed by atoms with Crippen LogP contribution in [0, 0.1) is 10.1 Å². The Bertz CT molecular complexity index is 467. The number of nitrogens with one attached hydrogen (secondary N) is 1. The van der Waals surface area contributed by atoms with Gasteiger partial charge in [-0.25, -0.2) is 5.84 Å². The van der Waals surface area contributed by atoms with Crippen molar-refractivity contribution >= 4 is 23.2 Å². The minimum atomic E-state index is -0.527. The van der Waals surface area contributed by atoms with Crippen molar-refractivity contribution in [1.82, 2.24) is 5.43 Å². The van der Waals surface area contributed by atoms with E-state index < -0.39 is 4.92 Å². The lowest BCUT2D eigenvalue weighted by atomic mass is 10.2. The van der Waals surface area contributed by atoms with Crippen molar-refractivity contribution in [3.63, 3.8) is 0 Å². The third kappa shape index (κ3) is 5.11. The van der Waals surface area contributed by atoms with Gasteiger partial charge in [0.25, 0.3) is 5.69 Å². The van der Waals surface area contributed by atoms with Crippen molar-refractivity contribution in [1.29, 1.82) is 0 Å². The molecule has 0 aliphatic rings. The molecule has 0 atom stereocenters. The van der Waals surface area contributed by atoms with Gasteiger partial charge in [0.05, 0.1) is 16.6 Å². The fourth-order valence-electron chi connectivity index (χ4n) is 1.36. The summed E-state index contributed by atoms with van der Waals surface area (Å²) in [7, 11) is 0. The molecule has 0 fully saturated rings. The second-order valence-electron chi connectivity index (χ2n) is 3.74. The van der Waals surface area contributed by atoms with Crippen LogP contribution >= 0.6 is 11.6 Å². The molecule has 0 spiro atoms. The highest BCUT2D eigenvalue weighted by molar-refractivity contribution is 6.32. The first-order valence-corrected chi connectivity index (χ1v) is 5.98. The molecule has 0 aliphatic heterocycles. The first kappa shape index (κ1) is 15.2. The number of nitrogens with zero attached hydrogens (tertiary/aromatic N) is 1. The molecule has 8 heteroatoms. The molecule has 0 aliphatic carbocycles. The molecular formula is C11H14ClN3O4. The fraction of sp³-hybridized carbons (Fsp3) is 0.364. The molecule has 1 aromatic rings. The van der Waals surface area contributed by atoms with Gasteiger partial charge < -0.3 is 4.74 Å².